The second-order valence-electron chi connectivity index (χ2n) is 20.6. The van der Waals surface area contributed by atoms with Gasteiger partial charge in [-0.2, -0.15) is 0 Å². The molecule has 0 N–H and O–H groups in total. The molecule has 0 aliphatic rings. The third-order valence-corrected chi connectivity index (χ3v) is 13.2. The van der Waals surface area contributed by atoms with Crippen molar-refractivity contribution in [3.05, 3.63) is 134 Å². The molecule has 0 saturated heterocycles. The zero-order valence-corrected chi connectivity index (χ0v) is 49.9. The van der Waals surface area contributed by atoms with E-state index in [1.807, 2.05) is 0 Å². The molecule has 0 bridgehead atoms. The number of carbonyl (C=O) groups excluding carboxylic acids is 3. The van der Waals surface area contributed by atoms with Crippen molar-refractivity contribution in [2.75, 3.05) is 13.2 Å². The van der Waals surface area contributed by atoms with Crippen molar-refractivity contribution < 1.29 is 28.6 Å². The largest absolute Gasteiger partial charge is 0.462 e. The Morgan fingerprint density at radius 3 is 0.792 bits per heavy atom. The highest BCUT2D eigenvalue weighted by Gasteiger charge is 2.19. The number of unbranched alkanes of at least 4 members (excludes halogenated alkanes) is 23. The fourth-order valence-electron chi connectivity index (χ4n) is 8.47. The maximum Gasteiger partial charge on any atom is 0.306 e. The first-order valence-electron chi connectivity index (χ1n) is 31.7. The first kappa shape index (κ1) is 72.5. The van der Waals surface area contributed by atoms with Crippen LogP contribution in [0.2, 0.25) is 0 Å². The minimum absolute atomic E-state index is 0.0919. The average molecular weight is 1070 g/mol. The molecule has 1 unspecified atom stereocenters. The molecule has 77 heavy (non-hydrogen) atoms. The van der Waals surface area contributed by atoms with Gasteiger partial charge in [0.1, 0.15) is 13.2 Å². The second-order valence-corrected chi connectivity index (χ2v) is 20.6. The Balaban J connectivity index is 4.41. The Labute approximate surface area is 475 Å². The lowest BCUT2D eigenvalue weighted by molar-refractivity contribution is -0.167. The van der Waals surface area contributed by atoms with Crippen LogP contribution in [0.1, 0.15) is 278 Å². The van der Waals surface area contributed by atoms with Gasteiger partial charge in [-0.25, -0.2) is 0 Å². The van der Waals surface area contributed by atoms with Crippen LogP contribution in [0, 0.1) is 0 Å². The molecule has 6 heteroatoms. The summed E-state index contributed by atoms with van der Waals surface area (Å²) >= 11 is 0. The van der Waals surface area contributed by atoms with Crippen molar-refractivity contribution >= 4 is 17.9 Å². The summed E-state index contributed by atoms with van der Waals surface area (Å²) in [6.07, 6.45) is 90.2. The van der Waals surface area contributed by atoms with Crippen LogP contribution >= 0.6 is 0 Å². The Morgan fingerprint density at radius 1 is 0.273 bits per heavy atom. The van der Waals surface area contributed by atoms with E-state index in [1.54, 1.807) is 0 Å². The SMILES string of the molecule is CC/C=C\C/C=C\C/C=C\C/C=C\C/C=C\C/C=C\C/C=C\CCCCCCCC(=O)OCC(COC(=O)CCCCCCCCCCCCCCC)OC(=O)CCCCCCCC/C=C\C/C=C\C/C=C\C/C=C\CC. The molecule has 436 valence electrons. The van der Waals surface area contributed by atoms with E-state index in [0.717, 1.165) is 161 Å². The van der Waals surface area contributed by atoms with Crippen molar-refractivity contribution in [3.8, 4) is 0 Å². The summed E-state index contributed by atoms with van der Waals surface area (Å²) in [5.41, 5.74) is 0. The lowest BCUT2D eigenvalue weighted by Gasteiger charge is -2.18. The van der Waals surface area contributed by atoms with Gasteiger partial charge in [0.05, 0.1) is 0 Å². The minimum Gasteiger partial charge on any atom is -0.462 e. The standard InChI is InChI=1S/C71H116O6/c1-4-7-10-13-16-19-22-25-27-29-31-32-33-34-35-36-37-38-40-41-43-46-49-52-55-58-61-64-70(73)76-67-68(66-75-69(72)63-60-57-54-51-48-45-24-21-18-15-12-9-6-3)77-71(74)65-62-59-56-53-50-47-44-42-39-30-28-26-23-20-17-14-11-8-5-2/h7-8,10-11,16-17,19-20,25-28,31-32,34-35,37-39,41-43,68H,4-6,9,12-15,18,21-24,29-30,33,36,40,44-67H2,1-3H3/b10-7-,11-8-,19-16-,20-17-,27-25-,28-26-,32-31-,35-34-,38-37-,42-39-,43-41-. The fourth-order valence-corrected chi connectivity index (χ4v) is 8.47. The molecule has 0 amide bonds. The molecule has 0 aromatic rings. The molecule has 0 aliphatic heterocycles. The van der Waals surface area contributed by atoms with E-state index in [9.17, 15) is 14.4 Å². The van der Waals surface area contributed by atoms with Crippen LogP contribution in [0.4, 0.5) is 0 Å². The molecule has 0 aliphatic carbocycles. The third kappa shape index (κ3) is 62.3. The third-order valence-electron chi connectivity index (χ3n) is 13.2. The average Bonchev–Trinajstić information content (AvgIpc) is 3.43. The van der Waals surface area contributed by atoms with Gasteiger partial charge in [0, 0.05) is 19.3 Å². The van der Waals surface area contributed by atoms with Crippen LogP contribution in [0.25, 0.3) is 0 Å². The monoisotopic (exact) mass is 1060 g/mol. The highest BCUT2D eigenvalue weighted by molar-refractivity contribution is 5.71. The normalized spacial score (nSPS) is 13.0. The molecule has 0 aromatic carbocycles. The predicted molar refractivity (Wildman–Crippen MR) is 334 cm³/mol. The molecule has 0 saturated carbocycles. The maximum absolute atomic E-state index is 12.9. The van der Waals surface area contributed by atoms with Crippen molar-refractivity contribution in [1.29, 1.82) is 0 Å². The van der Waals surface area contributed by atoms with Gasteiger partial charge in [0.15, 0.2) is 6.10 Å². The van der Waals surface area contributed by atoms with Crippen molar-refractivity contribution in [2.45, 2.75) is 284 Å². The smallest absolute Gasteiger partial charge is 0.306 e. The topological polar surface area (TPSA) is 78.9 Å². The zero-order valence-electron chi connectivity index (χ0n) is 49.9. The summed E-state index contributed by atoms with van der Waals surface area (Å²) in [4.78, 5) is 38.3. The van der Waals surface area contributed by atoms with Crippen molar-refractivity contribution in [1.82, 2.24) is 0 Å². The summed E-state index contributed by atoms with van der Waals surface area (Å²) in [5.74, 6) is -0.923. The molecule has 1 atom stereocenters. The summed E-state index contributed by atoms with van der Waals surface area (Å²) in [5, 5.41) is 0. The van der Waals surface area contributed by atoms with Gasteiger partial charge in [-0.3, -0.25) is 14.4 Å². The molecule has 0 rings (SSSR count). The predicted octanol–water partition coefficient (Wildman–Crippen LogP) is 21.8. The Hall–Kier alpha value is -4.45. The second kappa shape index (κ2) is 64.1. The number of allylic oxidation sites excluding steroid dienone is 22. The lowest BCUT2D eigenvalue weighted by Crippen LogP contribution is -2.30. The molecule has 6 nitrogen and oxygen atoms in total. The van der Waals surface area contributed by atoms with Crippen LogP contribution in [-0.2, 0) is 28.6 Å². The molecule has 0 aromatic heterocycles. The molecule has 0 fully saturated rings. The Kier molecular flexibility index (Phi) is 60.4. The van der Waals surface area contributed by atoms with E-state index >= 15 is 0 Å². The van der Waals surface area contributed by atoms with E-state index in [2.05, 4.69) is 154 Å². The number of rotatable bonds is 56. The fraction of sp³-hybridized carbons (Fsp3) is 0.648. The van der Waals surface area contributed by atoms with Gasteiger partial charge in [-0.05, 0) is 116 Å². The Morgan fingerprint density at radius 2 is 0.506 bits per heavy atom. The highest BCUT2D eigenvalue weighted by atomic mass is 16.6. The number of carbonyl (C=O) groups is 3. The van der Waals surface area contributed by atoms with Crippen LogP contribution in [-0.4, -0.2) is 37.2 Å². The zero-order chi connectivity index (χ0) is 55.7. The number of esters is 3. The molecule has 0 radical (unpaired) electrons. The maximum atomic E-state index is 12.9. The van der Waals surface area contributed by atoms with Gasteiger partial charge < -0.3 is 14.2 Å². The van der Waals surface area contributed by atoms with Crippen LogP contribution in [0.5, 0.6) is 0 Å². The number of hydrogen-bond acceptors (Lipinski definition) is 6. The quantitative estimate of drug-likeness (QED) is 0.0261. The van der Waals surface area contributed by atoms with E-state index < -0.39 is 6.10 Å². The van der Waals surface area contributed by atoms with Gasteiger partial charge >= 0.3 is 17.9 Å². The lowest BCUT2D eigenvalue weighted by atomic mass is 10.0. The minimum atomic E-state index is -0.798. The first-order valence-corrected chi connectivity index (χ1v) is 31.7. The van der Waals surface area contributed by atoms with Crippen LogP contribution < -0.4 is 0 Å². The van der Waals surface area contributed by atoms with Gasteiger partial charge in [0.25, 0.3) is 0 Å². The van der Waals surface area contributed by atoms with E-state index in [1.165, 1.54) is 77.0 Å². The molecule has 0 spiro atoms. The summed E-state index contributed by atoms with van der Waals surface area (Å²) in [6, 6.07) is 0. The summed E-state index contributed by atoms with van der Waals surface area (Å²) < 4.78 is 16.9. The van der Waals surface area contributed by atoms with Crippen LogP contribution in [0.3, 0.4) is 0 Å². The molecular weight excluding hydrogens is 949 g/mol. The van der Waals surface area contributed by atoms with Gasteiger partial charge in [0.2, 0.25) is 0 Å². The molecule has 0 heterocycles. The highest BCUT2D eigenvalue weighted by Crippen LogP contribution is 2.15. The molecular formula is C71H116O6. The Bertz CT molecular complexity index is 1650. The number of hydrogen-bond donors (Lipinski definition) is 0. The van der Waals surface area contributed by atoms with Gasteiger partial charge in [-0.1, -0.05) is 276 Å². The van der Waals surface area contributed by atoms with Crippen LogP contribution in [0.15, 0.2) is 134 Å². The summed E-state index contributed by atoms with van der Waals surface area (Å²) in [6.45, 7) is 6.39. The van der Waals surface area contributed by atoms with Gasteiger partial charge in [-0.15, -0.1) is 0 Å². The van der Waals surface area contributed by atoms with E-state index in [4.69, 9.17) is 14.2 Å². The van der Waals surface area contributed by atoms with E-state index in [0.29, 0.717) is 19.3 Å². The summed E-state index contributed by atoms with van der Waals surface area (Å²) in [7, 11) is 0. The number of ether oxygens (including phenoxy) is 3. The first-order chi connectivity index (χ1) is 38.0. The van der Waals surface area contributed by atoms with E-state index in [-0.39, 0.29) is 31.1 Å². The van der Waals surface area contributed by atoms with Crippen molar-refractivity contribution in [2.24, 2.45) is 0 Å². The van der Waals surface area contributed by atoms with Crippen molar-refractivity contribution in [3.63, 3.8) is 0 Å².